The molecule has 0 aliphatic rings. The molecule has 198 valence electrons. The third kappa shape index (κ3) is 10.5. The lowest BCUT2D eigenvalue weighted by atomic mass is 9.98. The van der Waals surface area contributed by atoms with E-state index in [0.717, 1.165) is 11.1 Å². The van der Waals surface area contributed by atoms with E-state index >= 15 is 0 Å². The van der Waals surface area contributed by atoms with Crippen LogP contribution in [-0.2, 0) is 51.3 Å². The van der Waals surface area contributed by atoms with Crippen LogP contribution in [-0.4, -0.2) is 52.9 Å². The number of esters is 3. The molecule has 0 aromatic heterocycles. The van der Waals surface area contributed by atoms with Crippen molar-refractivity contribution in [2.24, 2.45) is 0 Å². The van der Waals surface area contributed by atoms with Crippen molar-refractivity contribution in [2.45, 2.75) is 64.5 Å². The molecule has 0 amide bonds. The van der Waals surface area contributed by atoms with Gasteiger partial charge in [0.2, 0.25) is 0 Å². The highest BCUT2D eigenvalue weighted by molar-refractivity contribution is 14.1. The molecule has 0 aliphatic carbocycles. The van der Waals surface area contributed by atoms with Crippen LogP contribution in [0.15, 0.2) is 60.7 Å². The summed E-state index contributed by atoms with van der Waals surface area (Å²) in [5.41, 5.74) is 1.68. The van der Waals surface area contributed by atoms with Crippen LogP contribution in [0.3, 0.4) is 0 Å². The minimum Gasteiger partial charge on any atom is -0.459 e. The van der Waals surface area contributed by atoms with Crippen LogP contribution in [0.2, 0.25) is 0 Å². The van der Waals surface area contributed by atoms with E-state index in [2.05, 4.69) is 5.92 Å². The summed E-state index contributed by atoms with van der Waals surface area (Å²) in [6.45, 7) is 3.92. The summed E-state index contributed by atoms with van der Waals surface area (Å²) in [5, 5.41) is 0. The Kier molecular flexibility index (Phi) is 13.1. The first-order valence-electron chi connectivity index (χ1n) is 11.6. The highest BCUT2D eigenvalue weighted by Crippen LogP contribution is 2.25. The van der Waals surface area contributed by atoms with E-state index in [1.54, 1.807) is 0 Å². The number of hydrogen-bond donors (Lipinski definition) is 0. The molecule has 0 N–H and O–H groups in total. The van der Waals surface area contributed by atoms with Crippen molar-refractivity contribution in [3.63, 3.8) is 0 Å². The van der Waals surface area contributed by atoms with Crippen molar-refractivity contribution in [3.8, 4) is 12.3 Å². The first-order chi connectivity index (χ1) is 17.7. The van der Waals surface area contributed by atoms with Gasteiger partial charge in [0.15, 0.2) is 18.3 Å². The normalized spacial score (nSPS) is 14.8. The molecule has 0 unspecified atom stereocenters. The highest BCUT2D eigenvalue weighted by Gasteiger charge is 2.45. The second kappa shape index (κ2) is 16.0. The van der Waals surface area contributed by atoms with E-state index in [1.807, 2.05) is 83.3 Å². The number of alkyl halides is 1. The maximum absolute atomic E-state index is 12.2. The summed E-state index contributed by atoms with van der Waals surface area (Å²) in [5.74, 6) is 0.631. The standard InChI is InChI=1S/C28H31IO8/c1-5-24(33-17-22-12-8-6-9-13-22)27(36-20(3)31)28(37-21(4)32)26(25(16-29)35-19(2)30)34-18-23-14-10-7-11-15-23/h1,6-15,24-28H,16-18H2,2-4H3/t24-,25-,26-,27-,28+/m1/s1. The minimum absolute atomic E-state index is 0.107. The fraction of sp³-hybridized carbons (Fsp3) is 0.393. The predicted molar refractivity (Wildman–Crippen MR) is 144 cm³/mol. The lowest BCUT2D eigenvalue weighted by molar-refractivity contribution is -0.204. The molecule has 9 heteroatoms. The number of hydrogen-bond acceptors (Lipinski definition) is 8. The molecule has 2 aromatic carbocycles. The quantitative estimate of drug-likeness (QED) is 0.103. The van der Waals surface area contributed by atoms with Crippen LogP contribution in [0, 0.1) is 12.3 Å². The van der Waals surface area contributed by atoms with Crippen LogP contribution in [0.1, 0.15) is 31.9 Å². The second-order valence-electron chi connectivity index (χ2n) is 8.10. The zero-order valence-corrected chi connectivity index (χ0v) is 23.2. The Morgan fingerprint density at radius 1 is 0.730 bits per heavy atom. The summed E-state index contributed by atoms with van der Waals surface area (Å²) in [6, 6.07) is 18.6. The van der Waals surface area contributed by atoms with Gasteiger partial charge in [-0.15, -0.1) is 6.42 Å². The zero-order chi connectivity index (χ0) is 27.2. The van der Waals surface area contributed by atoms with Crippen LogP contribution >= 0.6 is 22.6 Å². The molecule has 0 spiro atoms. The monoisotopic (exact) mass is 622 g/mol. The Labute approximate surface area is 231 Å². The van der Waals surface area contributed by atoms with E-state index in [-0.39, 0.29) is 13.2 Å². The van der Waals surface area contributed by atoms with Crippen molar-refractivity contribution < 1.29 is 38.1 Å². The van der Waals surface area contributed by atoms with E-state index < -0.39 is 48.4 Å². The molecule has 5 atom stereocenters. The fourth-order valence-corrected chi connectivity index (χ4v) is 4.26. The smallest absolute Gasteiger partial charge is 0.303 e. The molecule has 0 radical (unpaired) electrons. The molecule has 8 nitrogen and oxygen atoms in total. The maximum Gasteiger partial charge on any atom is 0.303 e. The van der Waals surface area contributed by atoms with Gasteiger partial charge in [0.1, 0.15) is 12.2 Å². The first kappa shape index (κ1) is 30.3. The minimum atomic E-state index is -1.25. The van der Waals surface area contributed by atoms with Gasteiger partial charge in [0.25, 0.3) is 0 Å². The van der Waals surface area contributed by atoms with E-state index in [9.17, 15) is 14.4 Å². The zero-order valence-electron chi connectivity index (χ0n) is 21.0. The van der Waals surface area contributed by atoms with Crippen LogP contribution in [0.25, 0.3) is 0 Å². The molecule has 0 saturated heterocycles. The van der Waals surface area contributed by atoms with Crippen molar-refractivity contribution in [2.75, 3.05) is 4.43 Å². The van der Waals surface area contributed by atoms with Crippen molar-refractivity contribution in [3.05, 3.63) is 71.8 Å². The van der Waals surface area contributed by atoms with Crippen LogP contribution < -0.4 is 0 Å². The second-order valence-corrected chi connectivity index (χ2v) is 8.98. The van der Waals surface area contributed by atoms with E-state index in [0.29, 0.717) is 4.43 Å². The average molecular weight is 622 g/mol. The van der Waals surface area contributed by atoms with E-state index in [1.165, 1.54) is 20.8 Å². The summed E-state index contributed by atoms with van der Waals surface area (Å²) < 4.78 is 29.2. The van der Waals surface area contributed by atoms with Gasteiger partial charge < -0.3 is 23.7 Å². The first-order valence-corrected chi connectivity index (χ1v) is 13.1. The van der Waals surface area contributed by atoms with Gasteiger partial charge in [-0.1, -0.05) is 89.2 Å². The van der Waals surface area contributed by atoms with Gasteiger partial charge in [-0.05, 0) is 11.1 Å². The molecule has 2 rings (SSSR count). The Balaban J connectivity index is 2.46. The van der Waals surface area contributed by atoms with E-state index in [4.69, 9.17) is 30.1 Å². The number of benzene rings is 2. The number of halogens is 1. The van der Waals surface area contributed by atoms with Crippen LogP contribution in [0.5, 0.6) is 0 Å². The lowest BCUT2D eigenvalue weighted by Crippen LogP contribution is -2.55. The summed E-state index contributed by atoms with van der Waals surface area (Å²) >= 11 is 2.04. The van der Waals surface area contributed by atoms with Crippen molar-refractivity contribution in [1.29, 1.82) is 0 Å². The molecule has 0 bridgehead atoms. The number of ether oxygens (including phenoxy) is 5. The largest absolute Gasteiger partial charge is 0.459 e. The predicted octanol–water partition coefficient (Wildman–Crippen LogP) is 4.02. The molecular formula is C28H31IO8. The molecule has 0 aliphatic heterocycles. The summed E-state index contributed by atoms with van der Waals surface area (Å²) in [4.78, 5) is 36.3. The van der Waals surface area contributed by atoms with Gasteiger partial charge in [0.05, 0.1) is 13.2 Å². The van der Waals surface area contributed by atoms with Gasteiger partial charge in [-0.3, -0.25) is 14.4 Å². The molecule has 2 aromatic rings. The van der Waals surface area contributed by atoms with Crippen molar-refractivity contribution in [1.82, 2.24) is 0 Å². The topological polar surface area (TPSA) is 97.4 Å². The highest BCUT2D eigenvalue weighted by atomic mass is 127. The molecule has 0 heterocycles. The third-order valence-electron chi connectivity index (χ3n) is 5.11. The summed E-state index contributed by atoms with van der Waals surface area (Å²) in [6.07, 6.45) is 0.306. The number of carbonyl (C=O) groups is 3. The molecule has 37 heavy (non-hydrogen) atoms. The number of carbonyl (C=O) groups excluding carboxylic acids is 3. The number of rotatable bonds is 14. The van der Waals surface area contributed by atoms with Gasteiger partial charge in [-0.2, -0.15) is 0 Å². The summed E-state index contributed by atoms with van der Waals surface area (Å²) in [7, 11) is 0. The Hall–Kier alpha value is -2.94. The maximum atomic E-state index is 12.2. The molecule has 0 fully saturated rings. The van der Waals surface area contributed by atoms with Crippen LogP contribution in [0.4, 0.5) is 0 Å². The fourth-order valence-electron chi connectivity index (χ4n) is 3.58. The third-order valence-corrected chi connectivity index (χ3v) is 5.98. The van der Waals surface area contributed by atoms with Gasteiger partial charge in [0, 0.05) is 25.2 Å². The Bertz CT molecular complexity index is 1040. The number of terminal acetylenes is 1. The SMILES string of the molecule is C#C[C@@H](OCc1ccccc1)[C@@H](OC(C)=O)[C@@H](OC(C)=O)[C@H](OCc1ccccc1)[C@@H](CI)OC(C)=O. The average Bonchev–Trinajstić information content (AvgIpc) is 2.87. The molecule has 0 saturated carbocycles. The van der Waals surface area contributed by atoms with Gasteiger partial charge >= 0.3 is 17.9 Å². The van der Waals surface area contributed by atoms with Crippen molar-refractivity contribution >= 4 is 40.5 Å². The lowest BCUT2D eigenvalue weighted by Gasteiger charge is -2.37. The Morgan fingerprint density at radius 3 is 1.62 bits per heavy atom. The van der Waals surface area contributed by atoms with Gasteiger partial charge in [-0.25, -0.2) is 0 Å². The Morgan fingerprint density at radius 2 is 1.19 bits per heavy atom. The molecular weight excluding hydrogens is 591 g/mol.